The van der Waals surface area contributed by atoms with Gasteiger partial charge in [-0.15, -0.1) is 0 Å². The minimum absolute atomic E-state index is 0.252. The molecule has 0 radical (unpaired) electrons. The van der Waals surface area contributed by atoms with Crippen molar-refractivity contribution in [3.05, 3.63) is 93.6 Å². The van der Waals surface area contributed by atoms with Crippen LogP contribution in [0.2, 0.25) is 0 Å². The van der Waals surface area contributed by atoms with Crippen LogP contribution in [-0.2, 0) is 17.3 Å². The molecular weight excluding hydrogens is 360 g/mol. The fourth-order valence-electron chi connectivity index (χ4n) is 5.66. The van der Waals surface area contributed by atoms with Crippen molar-refractivity contribution in [2.24, 2.45) is 0 Å². The molecule has 3 aliphatic carbocycles. The number of hydrogen-bond donors (Lipinski definition) is 0. The molecule has 0 saturated carbocycles. The molecule has 0 aliphatic heterocycles. The molecule has 0 amide bonds. The Kier molecular flexibility index (Phi) is 4.47. The lowest BCUT2D eigenvalue weighted by Gasteiger charge is -2.43. The number of benzene rings is 2. The highest BCUT2D eigenvalue weighted by atomic mass is 14.4. The van der Waals surface area contributed by atoms with Gasteiger partial charge >= 0.3 is 0 Å². The van der Waals surface area contributed by atoms with E-state index in [1.54, 1.807) is 16.7 Å². The van der Waals surface area contributed by atoms with Gasteiger partial charge in [0.15, 0.2) is 0 Å². The second-order valence-electron chi connectivity index (χ2n) is 10.8. The molecule has 3 aliphatic rings. The molecule has 154 valence electrons. The third-order valence-corrected chi connectivity index (χ3v) is 7.77. The van der Waals surface area contributed by atoms with Crippen LogP contribution in [0.15, 0.2) is 60.2 Å². The zero-order chi connectivity index (χ0) is 21.1. The zero-order valence-electron chi connectivity index (χ0n) is 19.2. The minimum atomic E-state index is 0.252. The molecule has 5 rings (SSSR count). The van der Waals surface area contributed by atoms with E-state index in [-0.39, 0.29) is 10.8 Å². The van der Waals surface area contributed by atoms with Gasteiger partial charge in [-0.25, -0.2) is 0 Å². The molecule has 0 unspecified atom stereocenters. The van der Waals surface area contributed by atoms with Gasteiger partial charge in [0.1, 0.15) is 0 Å². The van der Waals surface area contributed by atoms with Crippen molar-refractivity contribution in [1.29, 1.82) is 0 Å². The second-order valence-corrected chi connectivity index (χ2v) is 10.8. The summed E-state index contributed by atoms with van der Waals surface area (Å²) in [5.74, 6) is 0. The Hall–Kier alpha value is -2.34. The highest BCUT2D eigenvalue weighted by Gasteiger charge is 2.38. The van der Waals surface area contributed by atoms with E-state index in [1.807, 2.05) is 0 Å². The first-order valence-electron chi connectivity index (χ1n) is 11.6. The van der Waals surface area contributed by atoms with E-state index in [0.717, 1.165) is 19.3 Å². The molecular formula is C30H34. The van der Waals surface area contributed by atoms with Crippen molar-refractivity contribution in [2.45, 2.75) is 77.6 Å². The summed E-state index contributed by atoms with van der Waals surface area (Å²) >= 11 is 0. The lowest BCUT2D eigenvalue weighted by molar-refractivity contribution is 0.331. The normalized spacial score (nSPS) is 21.3. The van der Waals surface area contributed by atoms with Gasteiger partial charge in [0.05, 0.1) is 0 Å². The molecule has 0 nitrogen and oxygen atoms in total. The Morgan fingerprint density at radius 3 is 2.17 bits per heavy atom. The topological polar surface area (TPSA) is 0 Å². The smallest absolute Gasteiger partial charge is 0.0100 e. The van der Waals surface area contributed by atoms with Gasteiger partial charge in [-0.3, -0.25) is 0 Å². The third-order valence-electron chi connectivity index (χ3n) is 7.77. The van der Waals surface area contributed by atoms with E-state index in [0.29, 0.717) is 0 Å². The summed E-state index contributed by atoms with van der Waals surface area (Å²) in [7, 11) is 0. The molecule has 30 heavy (non-hydrogen) atoms. The first-order chi connectivity index (χ1) is 14.3. The molecule has 0 bridgehead atoms. The highest BCUT2D eigenvalue weighted by molar-refractivity contribution is 5.95. The maximum Gasteiger partial charge on any atom is -0.0100 e. The summed E-state index contributed by atoms with van der Waals surface area (Å²) in [5, 5.41) is 0. The van der Waals surface area contributed by atoms with Gasteiger partial charge in [-0.1, -0.05) is 87.9 Å². The molecule has 0 aromatic heterocycles. The average molecular weight is 395 g/mol. The molecule has 0 heteroatoms. The van der Waals surface area contributed by atoms with Gasteiger partial charge in [0.25, 0.3) is 0 Å². The molecule has 2 aromatic carbocycles. The second kappa shape index (κ2) is 6.84. The van der Waals surface area contributed by atoms with E-state index in [4.69, 9.17) is 0 Å². The molecule has 0 atom stereocenters. The van der Waals surface area contributed by atoms with Crippen molar-refractivity contribution in [2.75, 3.05) is 0 Å². The molecule has 0 saturated heterocycles. The summed E-state index contributed by atoms with van der Waals surface area (Å²) in [6, 6.07) is 14.2. The van der Waals surface area contributed by atoms with Gasteiger partial charge in [0, 0.05) is 0 Å². The first-order valence-corrected chi connectivity index (χ1v) is 11.6. The first kappa shape index (κ1) is 19.6. The van der Waals surface area contributed by atoms with Crippen molar-refractivity contribution in [3.8, 4) is 0 Å². The number of allylic oxidation sites excluding steroid dienone is 6. The van der Waals surface area contributed by atoms with E-state index < -0.39 is 0 Å². The number of fused-ring (bicyclic) bond motifs is 3. The number of aryl methyl sites for hydroxylation is 2. The summed E-state index contributed by atoms with van der Waals surface area (Å²) < 4.78 is 0. The summed E-state index contributed by atoms with van der Waals surface area (Å²) in [4.78, 5) is 0. The molecule has 2 aromatic rings. The Balaban J connectivity index is 1.70. The quantitative estimate of drug-likeness (QED) is 0.458. The molecule has 0 spiro atoms. The summed E-state index contributed by atoms with van der Waals surface area (Å²) in [6.07, 6.45) is 13.0. The fraction of sp³-hybridized carbons (Fsp3) is 0.400. The highest BCUT2D eigenvalue weighted by Crippen LogP contribution is 2.49. The van der Waals surface area contributed by atoms with Crippen molar-refractivity contribution >= 4 is 11.1 Å². The maximum atomic E-state index is 2.57. The Bertz CT molecular complexity index is 1100. The van der Waals surface area contributed by atoms with Crippen LogP contribution in [0, 0.1) is 6.92 Å². The SMILES string of the molecule is Cc1ccc(C2=CCC=CC3=C2CCc2cc4c(cc23)C(C)(C)CCC4(C)C)cc1. The fourth-order valence-corrected chi connectivity index (χ4v) is 5.66. The van der Waals surface area contributed by atoms with E-state index in [9.17, 15) is 0 Å². The van der Waals surface area contributed by atoms with Crippen molar-refractivity contribution in [1.82, 2.24) is 0 Å². The molecule has 0 fully saturated rings. The van der Waals surface area contributed by atoms with Gasteiger partial charge in [-0.05, 0) is 94.4 Å². The van der Waals surface area contributed by atoms with E-state index in [1.165, 1.54) is 46.3 Å². The lowest BCUT2D eigenvalue weighted by atomic mass is 9.62. The maximum absolute atomic E-state index is 2.57. The third kappa shape index (κ3) is 3.13. The van der Waals surface area contributed by atoms with Crippen LogP contribution in [0.3, 0.4) is 0 Å². The number of rotatable bonds is 1. The van der Waals surface area contributed by atoms with E-state index in [2.05, 4.69) is 89.2 Å². The van der Waals surface area contributed by atoms with Gasteiger partial charge in [-0.2, -0.15) is 0 Å². The van der Waals surface area contributed by atoms with Gasteiger partial charge < -0.3 is 0 Å². The van der Waals surface area contributed by atoms with Crippen LogP contribution >= 0.6 is 0 Å². The predicted molar refractivity (Wildman–Crippen MR) is 130 cm³/mol. The molecule has 0 heterocycles. The standard InChI is InChI=1S/C30H34/c1-20-10-12-21(13-11-20)23-8-6-7-9-24-25(23)15-14-22-18-27-28(19-26(22)24)30(4,5)17-16-29(27,2)3/h7-13,18-19H,6,14-17H2,1-5H3. The van der Waals surface area contributed by atoms with Crippen LogP contribution in [0.25, 0.3) is 11.1 Å². The summed E-state index contributed by atoms with van der Waals surface area (Å²) in [6.45, 7) is 11.9. The average Bonchev–Trinajstić information content (AvgIpc) is 2.94. The van der Waals surface area contributed by atoms with Crippen LogP contribution in [0.1, 0.15) is 86.8 Å². The van der Waals surface area contributed by atoms with Crippen molar-refractivity contribution in [3.63, 3.8) is 0 Å². The number of hydrogen-bond acceptors (Lipinski definition) is 0. The van der Waals surface area contributed by atoms with Gasteiger partial charge in [0.2, 0.25) is 0 Å². The van der Waals surface area contributed by atoms with Crippen LogP contribution in [0.4, 0.5) is 0 Å². The Morgan fingerprint density at radius 2 is 1.47 bits per heavy atom. The predicted octanol–water partition coefficient (Wildman–Crippen LogP) is 8.09. The van der Waals surface area contributed by atoms with Crippen LogP contribution in [0.5, 0.6) is 0 Å². The minimum Gasteiger partial charge on any atom is -0.0801 e. The largest absolute Gasteiger partial charge is 0.0801 e. The zero-order valence-corrected chi connectivity index (χ0v) is 19.2. The lowest BCUT2D eigenvalue weighted by Crippen LogP contribution is -2.34. The Morgan fingerprint density at radius 1 is 0.800 bits per heavy atom. The van der Waals surface area contributed by atoms with Crippen molar-refractivity contribution < 1.29 is 0 Å². The monoisotopic (exact) mass is 394 g/mol. The van der Waals surface area contributed by atoms with Crippen LogP contribution in [-0.4, -0.2) is 0 Å². The van der Waals surface area contributed by atoms with E-state index >= 15 is 0 Å². The Labute approximate surface area is 182 Å². The van der Waals surface area contributed by atoms with Crippen LogP contribution < -0.4 is 0 Å². The molecule has 0 N–H and O–H groups in total. The summed E-state index contributed by atoms with van der Waals surface area (Å²) in [5.41, 5.74) is 13.9.